The lowest BCUT2D eigenvalue weighted by Crippen LogP contribution is -2.20. The van der Waals surface area contributed by atoms with Crippen molar-refractivity contribution in [2.75, 3.05) is 18.1 Å². The van der Waals surface area contributed by atoms with Gasteiger partial charge in [0.15, 0.2) is 9.84 Å². The highest BCUT2D eigenvalue weighted by Crippen LogP contribution is 2.31. The van der Waals surface area contributed by atoms with Crippen LogP contribution in [0.15, 0.2) is 29.2 Å². The van der Waals surface area contributed by atoms with E-state index in [0.29, 0.717) is 6.04 Å². The molecule has 0 aliphatic carbocycles. The number of thioether (sulfide) groups is 1. The Morgan fingerprint density at radius 3 is 2.52 bits per heavy atom. The van der Waals surface area contributed by atoms with E-state index in [1.165, 1.54) is 17.3 Å². The third kappa shape index (κ3) is 4.71. The first-order valence-electron chi connectivity index (χ1n) is 7.30. The number of aliphatic hydroxyl groups excluding tert-OH is 1. The summed E-state index contributed by atoms with van der Waals surface area (Å²) in [5.74, 6) is -0.0459. The molecule has 118 valence electrons. The summed E-state index contributed by atoms with van der Waals surface area (Å²) in [7, 11) is -3.08. The lowest BCUT2D eigenvalue weighted by Gasteiger charge is -2.15. The van der Waals surface area contributed by atoms with Crippen molar-refractivity contribution in [3.05, 3.63) is 29.8 Å². The fraction of sp³-hybridized carbons (Fsp3) is 0.600. The van der Waals surface area contributed by atoms with Gasteiger partial charge in [0.2, 0.25) is 0 Å². The minimum atomic E-state index is -3.08. The molecule has 4 nitrogen and oxygen atoms in total. The van der Waals surface area contributed by atoms with E-state index in [1.54, 1.807) is 0 Å². The molecular weight excluding hydrogens is 306 g/mol. The van der Waals surface area contributed by atoms with Gasteiger partial charge in [0.05, 0.1) is 22.9 Å². The molecule has 1 aliphatic heterocycles. The van der Waals surface area contributed by atoms with Gasteiger partial charge in [-0.05, 0) is 37.6 Å². The number of aliphatic hydroxyl groups is 1. The summed E-state index contributed by atoms with van der Waals surface area (Å²) < 4.78 is 23.0. The van der Waals surface area contributed by atoms with Gasteiger partial charge >= 0.3 is 0 Å². The number of hydrogen-bond acceptors (Lipinski definition) is 5. The Hall–Kier alpha value is -0.560. The van der Waals surface area contributed by atoms with E-state index in [1.807, 2.05) is 12.1 Å². The quantitative estimate of drug-likeness (QED) is 0.835. The van der Waals surface area contributed by atoms with Crippen molar-refractivity contribution in [2.24, 2.45) is 0 Å². The minimum absolute atomic E-state index is 0.0645. The highest BCUT2D eigenvalue weighted by molar-refractivity contribution is 8.02. The molecule has 1 aromatic carbocycles. The molecule has 21 heavy (non-hydrogen) atoms. The van der Waals surface area contributed by atoms with Crippen molar-refractivity contribution in [1.29, 1.82) is 0 Å². The van der Waals surface area contributed by atoms with Gasteiger partial charge in [-0.1, -0.05) is 19.1 Å². The second-order valence-electron chi connectivity index (χ2n) is 5.55. The molecule has 1 fully saturated rings. The van der Waals surface area contributed by atoms with Gasteiger partial charge in [0.25, 0.3) is 0 Å². The van der Waals surface area contributed by atoms with Gasteiger partial charge in [-0.15, -0.1) is 11.8 Å². The van der Waals surface area contributed by atoms with Crippen molar-refractivity contribution >= 4 is 21.6 Å². The SMILES string of the molecule is CCCNC(C)c1ccc(SC2CS(=O)(=O)CC2O)cc1. The zero-order valence-corrected chi connectivity index (χ0v) is 14.1. The normalized spacial score (nSPS) is 25.9. The van der Waals surface area contributed by atoms with Gasteiger partial charge in [-0.2, -0.15) is 0 Å². The van der Waals surface area contributed by atoms with Crippen molar-refractivity contribution in [3.63, 3.8) is 0 Å². The number of sulfone groups is 1. The van der Waals surface area contributed by atoms with Gasteiger partial charge in [-0.25, -0.2) is 8.42 Å². The van der Waals surface area contributed by atoms with Crippen LogP contribution in [0.5, 0.6) is 0 Å². The molecule has 3 atom stereocenters. The molecule has 1 aromatic rings. The third-order valence-electron chi connectivity index (χ3n) is 3.64. The minimum Gasteiger partial charge on any atom is -0.391 e. The van der Waals surface area contributed by atoms with Crippen LogP contribution in [-0.4, -0.2) is 42.9 Å². The molecule has 2 N–H and O–H groups in total. The maximum atomic E-state index is 11.5. The van der Waals surface area contributed by atoms with E-state index >= 15 is 0 Å². The summed E-state index contributed by atoms with van der Waals surface area (Å²) in [6, 6.07) is 8.43. The Labute approximate surface area is 131 Å². The Morgan fingerprint density at radius 1 is 1.33 bits per heavy atom. The maximum Gasteiger partial charge on any atom is 0.154 e. The van der Waals surface area contributed by atoms with Gasteiger partial charge in [-0.3, -0.25) is 0 Å². The number of rotatable bonds is 6. The first-order valence-corrected chi connectivity index (χ1v) is 10.00. The highest BCUT2D eigenvalue weighted by atomic mass is 32.2. The fourth-order valence-corrected chi connectivity index (χ4v) is 5.92. The predicted octanol–water partition coefficient (Wildman–Crippen LogP) is 2.00. The van der Waals surface area contributed by atoms with E-state index in [0.717, 1.165) is 17.9 Å². The van der Waals surface area contributed by atoms with E-state index in [4.69, 9.17) is 0 Å². The molecule has 1 saturated heterocycles. The van der Waals surface area contributed by atoms with Crippen molar-refractivity contribution in [1.82, 2.24) is 5.32 Å². The Morgan fingerprint density at radius 2 is 2.00 bits per heavy atom. The van der Waals surface area contributed by atoms with Crippen LogP contribution in [0.1, 0.15) is 31.9 Å². The zero-order valence-electron chi connectivity index (χ0n) is 12.5. The first-order chi connectivity index (χ1) is 9.91. The zero-order chi connectivity index (χ0) is 15.5. The Kier molecular flexibility index (Phi) is 5.71. The summed E-state index contributed by atoms with van der Waals surface area (Å²) in [5, 5.41) is 13.0. The third-order valence-corrected chi connectivity index (χ3v) is 6.90. The highest BCUT2D eigenvalue weighted by Gasteiger charge is 2.36. The van der Waals surface area contributed by atoms with Crippen LogP contribution in [0.4, 0.5) is 0 Å². The monoisotopic (exact) mass is 329 g/mol. The van der Waals surface area contributed by atoms with Crippen molar-refractivity contribution in [2.45, 2.75) is 42.6 Å². The summed E-state index contributed by atoms with van der Waals surface area (Å²) >= 11 is 1.45. The predicted molar refractivity (Wildman–Crippen MR) is 87.5 cm³/mol. The van der Waals surface area contributed by atoms with Crippen LogP contribution < -0.4 is 5.32 Å². The number of benzene rings is 1. The second kappa shape index (κ2) is 7.13. The molecule has 2 rings (SSSR count). The van der Waals surface area contributed by atoms with Crippen LogP contribution in [0.25, 0.3) is 0 Å². The summed E-state index contributed by atoms with van der Waals surface area (Å²) in [4.78, 5) is 1.00. The second-order valence-corrected chi connectivity index (χ2v) is 9.01. The van der Waals surface area contributed by atoms with E-state index in [9.17, 15) is 13.5 Å². The summed E-state index contributed by atoms with van der Waals surface area (Å²) in [5.41, 5.74) is 1.22. The molecule has 0 spiro atoms. The summed E-state index contributed by atoms with van der Waals surface area (Å²) in [6.07, 6.45) is 0.344. The molecule has 0 saturated carbocycles. The van der Waals surface area contributed by atoms with Gasteiger partial charge < -0.3 is 10.4 Å². The Balaban J connectivity index is 1.97. The lowest BCUT2D eigenvalue weighted by molar-refractivity contribution is 0.207. The van der Waals surface area contributed by atoms with Crippen LogP contribution in [0, 0.1) is 0 Å². The topological polar surface area (TPSA) is 66.4 Å². The molecule has 0 radical (unpaired) electrons. The van der Waals surface area contributed by atoms with Crippen LogP contribution >= 0.6 is 11.8 Å². The van der Waals surface area contributed by atoms with Crippen LogP contribution in [0.3, 0.4) is 0 Å². The first kappa shape index (κ1) is 16.8. The van der Waals surface area contributed by atoms with Gasteiger partial charge in [0.1, 0.15) is 0 Å². The summed E-state index contributed by atoms with van der Waals surface area (Å²) in [6.45, 7) is 5.26. The fourth-order valence-electron chi connectivity index (χ4n) is 2.40. The molecule has 0 bridgehead atoms. The average molecular weight is 329 g/mol. The van der Waals surface area contributed by atoms with Crippen molar-refractivity contribution < 1.29 is 13.5 Å². The van der Waals surface area contributed by atoms with Gasteiger partial charge in [0, 0.05) is 10.9 Å². The molecule has 3 unspecified atom stereocenters. The smallest absolute Gasteiger partial charge is 0.154 e. The van der Waals surface area contributed by atoms with Crippen LogP contribution in [-0.2, 0) is 9.84 Å². The van der Waals surface area contributed by atoms with E-state index in [-0.39, 0.29) is 16.8 Å². The van der Waals surface area contributed by atoms with Crippen molar-refractivity contribution in [3.8, 4) is 0 Å². The van der Waals surface area contributed by atoms with Crippen LogP contribution in [0.2, 0.25) is 0 Å². The number of hydrogen-bond donors (Lipinski definition) is 2. The average Bonchev–Trinajstić information content (AvgIpc) is 2.69. The largest absolute Gasteiger partial charge is 0.391 e. The molecule has 6 heteroatoms. The molecular formula is C15H23NO3S2. The molecule has 0 amide bonds. The maximum absolute atomic E-state index is 11.5. The molecule has 1 heterocycles. The van der Waals surface area contributed by atoms with E-state index in [2.05, 4.69) is 31.3 Å². The lowest BCUT2D eigenvalue weighted by atomic mass is 10.1. The number of nitrogens with one attached hydrogen (secondary N) is 1. The Bertz CT molecular complexity index is 557. The van der Waals surface area contributed by atoms with E-state index < -0.39 is 15.9 Å². The molecule has 1 aliphatic rings. The standard InChI is InChI=1S/C15H23NO3S2/c1-3-8-16-11(2)12-4-6-13(7-5-12)20-15-10-21(18,19)9-14(15)17/h4-7,11,14-17H,3,8-10H2,1-2H3. The molecule has 0 aromatic heterocycles.